The second-order valence-corrected chi connectivity index (χ2v) is 7.27. The molecule has 0 aliphatic heterocycles. The van der Waals surface area contributed by atoms with Crippen molar-refractivity contribution >= 4 is 5.97 Å². The smallest absolute Gasteiger partial charge is 0.419 e. The van der Waals surface area contributed by atoms with Gasteiger partial charge >= 0.3 is 12.1 Å². The van der Waals surface area contributed by atoms with Crippen LogP contribution in [0.1, 0.15) is 25.8 Å². The number of aliphatic carboxylic acids is 1. The number of hydrogen-bond acceptors (Lipinski definition) is 3. The van der Waals surface area contributed by atoms with Gasteiger partial charge in [-0.3, -0.25) is 4.79 Å². The molecule has 8 heteroatoms. The zero-order chi connectivity index (χ0) is 21.3. The fourth-order valence-electron chi connectivity index (χ4n) is 3.02. The predicted octanol–water partition coefficient (Wildman–Crippen LogP) is 5.40. The minimum Gasteiger partial charge on any atom is -0.493 e. The summed E-state index contributed by atoms with van der Waals surface area (Å²) in [5.41, 5.74) is -1.38. The Labute approximate surface area is 165 Å². The molecule has 0 radical (unpaired) electrons. The molecule has 2 aromatic rings. The minimum absolute atomic E-state index is 0.0520. The van der Waals surface area contributed by atoms with Crippen LogP contribution in [-0.2, 0) is 11.0 Å². The van der Waals surface area contributed by atoms with E-state index in [1.165, 1.54) is 30.3 Å². The molecule has 1 N–H and O–H groups in total. The Morgan fingerprint density at radius 1 is 1.17 bits per heavy atom. The van der Waals surface area contributed by atoms with Gasteiger partial charge in [0.05, 0.1) is 24.2 Å². The second kappa shape index (κ2) is 7.93. The molecule has 1 fully saturated rings. The first kappa shape index (κ1) is 21.0. The Morgan fingerprint density at radius 2 is 1.83 bits per heavy atom. The number of carbonyl (C=O) groups is 1. The molecule has 3 rings (SSSR count). The first-order chi connectivity index (χ1) is 13.6. The van der Waals surface area contributed by atoms with Gasteiger partial charge in [0.2, 0.25) is 0 Å². The molecule has 0 amide bonds. The summed E-state index contributed by atoms with van der Waals surface area (Å²) in [5, 5.41) is 8.88. The van der Waals surface area contributed by atoms with Gasteiger partial charge in [-0.25, -0.2) is 4.39 Å². The van der Waals surface area contributed by atoms with Crippen LogP contribution < -0.4 is 9.47 Å². The standard InChI is InChI=1S/C21H20F4O4/c1-11(2)29-15-8-16(19(22)18(9-15)21(23,24)25)12-3-5-14(6-4-12)28-10-13-7-17(13)20(26)27/h3-6,8-9,11,13,17H,7,10H2,1-2H3,(H,26,27). The molecule has 0 aromatic heterocycles. The van der Waals surface area contributed by atoms with Gasteiger partial charge in [-0.1, -0.05) is 12.1 Å². The van der Waals surface area contributed by atoms with Gasteiger partial charge in [-0.05, 0) is 50.1 Å². The van der Waals surface area contributed by atoms with E-state index in [4.69, 9.17) is 14.6 Å². The van der Waals surface area contributed by atoms with E-state index in [-0.39, 0.29) is 35.5 Å². The lowest BCUT2D eigenvalue weighted by molar-refractivity contribution is -0.140. The van der Waals surface area contributed by atoms with Crippen LogP contribution in [0.15, 0.2) is 36.4 Å². The van der Waals surface area contributed by atoms with Crippen LogP contribution in [0.2, 0.25) is 0 Å². The van der Waals surface area contributed by atoms with Gasteiger partial charge in [0.15, 0.2) is 0 Å². The second-order valence-electron chi connectivity index (χ2n) is 7.27. The fourth-order valence-corrected chi connectivity index (χ4v) is 3.02. The van der Waals surface area contributed by atoms with Crippen molar-refractivity contribution in [3.05, 3.63) is 47.8 Å². The quantitative estimate of drug-likeness (QED) is 0.619. The van der Waals surface area contributed by atoms with Crippen LogP contribution in [0.3, 0.4) is 0 Å². The van der Waals surface area contributed by atoms with Gasteiger partial charge < -0.3 is 14.6 Å². The maximum Gasteiger partial charge on any atom is 0.419 e. The topological polar surface area (TPSA) is 55.8 Å². The SMILES string of the molecule is CC(C)Oc1cc(-c2ccc(OCC3CC3C(=O)O)cc2)c(F)c(C(F)(F)F)c1. The highest BCUT2D eigenvalue weighted by Gasteiger charge is 2.43. The number of benzene rings is 2. The maximum atomic E-state index is 14.6. The molecule has 1 saturated carbocycles. The molecule has 0 bridgehead atoms. The van der Waals surface area contributed by atoms with Gasteiger partial charge in [0, 0.05) is 11.5 Å². The van der Waals surface area contributed by atoms with Crippen LogP contribution in [-0.4, -0.2) is 23.8 Å². The summed E-state index contributed by atoms with van der Waals surface area (Å²) in [6.07, 6.45) is -4.67. The summed E-state index contributed by atoms with van der Waals surface area (Å²) in [4.78, 5) is 10.8. The largest absolute Gasteiger partial charge is 0.493 e. The average molecular weight is 412 g/mol. The molecule has 2 aromatic carbocycles. The van der Waals surface area contributed by atoms with Gasteiger partial charge in [0.1, 0.15) is 17.3 Å². The summed E-state index contributed by atoms with van der Waals surface area (Å²) >= 11 is 0. The number of rotatable bonds is 7. The first-order valence-corrected chi connectivity index (χ1v) is 9.09. The summed E-state index contributed by atoms with van der Waals surface area (Å²) in [6, 6.07) is 7.82. The van der Waals surface area contributed by atoms with Gasteiger partial charge in [-0.2, -0.15) is 13.2 Å². The zero-order valence-corrected chi connectivity index (χ0v) is 15.8. The average Bonchev–Trinajstić information content (AvgIpc) is 3.40. The van der Waals surface area contributed by atoms with Crippen LogP contribution in [0.25, 0.3) is 11.1 Å². The number of ether oxygens (including phenoxy) is 2. The first-order valence-electron chi connectivity index (χ1n) is 9.09. The third-order valence-electron chi connectivity index (χ3n) is 4.59. The number of hydrogen-bond donors (Lipinski definition) is 1. The molecule has 0 spiro atoms. The molecule has 2 atom stereocenters. The number of halogens is 4. The van der Waals surface area contributed by atoms with E-state index in [9.17, 15) is 22.4 Å². The molecule has 2 unspecified atom stereocenters. The molecule has 29 heavy (non-hydrogen) atoms. The van der Waals surface area contributed by atoms with Crippen molar-refractivity contribution in [2.24, 2.45) is 11.8 Å². The molecule has 1 aliphatic rings. The van der Waals surface area contributed by atoms with Crippen molar-refractivity contribution in [1.29, 1.82) is 0 Å². The zero-order valence-electron chi connectivity index (χ0n) is 15.8. The Kier molecular flexibility index (Phi) is 5.73. The van der Waals surface area contributed by atoms with Crippen LogP contribution in [0, 0.1) is 17.7 Å². The van der Waals surface area contributed by atoms with E-state index >= 15 is 0 Å². The summed E-state index contributed by atoms with van der Waals surface area (Å²) < 4.78 is 65.2. The van der Waals surface area contributed by atoms with Crippen LogP contribution in [0.5, 0.6) is 11.5 Å². The Morgan fingerprint density at radius 3 is 2.34 bits per heavy atom. The van der Waals surface area contributed by atoms with Crippen molar-refractivity contribution in [3.8, 4) is 22.6 Å². The fraction of sp³-hybridized carbons (Fsp3) is 0.381. The number of carboxylic acids is 1. The molecular weight excluding hydrogens is 392 g/mol. The van der Waals surface area contributed by atoms with E-state index in [1.54, 1.807) is 13.8 Å². The lowest BCUT2D eigenvalue weighted by Crippen LogP contribution is -2.12. The molecule has 0 saturated heterocycles. The van der Waals surface area contributed by atoms with Crippen molar-refractivity contribution in [2.45, 2.75) is 32.5 Å². The van der Waals surface area contributed by atoms with E-state index in [2.05, 4.69) is 0 Å². The van der Waals surface area contributed by atoms with Crippen molar-refractivity contribution in [1.82, 2.24) is 0 Å². The van der Waals surface area contributed by atoms with Crippen LogP contribution >= 0.6 is 0 Å². The Hall–Kier alpha value is -2.77. The Balaban J connectivity index is 1.82. The monoisotopic (exact) mass is 412 g/mol. The van der Waals surface area contributed by atoms with Gasteiger partial charge in [0.25, 0.3) is 0 Å². The summed E-state index contributed by atoms with van der Waals surface area (Å²) in [7, 11) is 0. The van der Waals surface area contributed by atoms with Crippen molar-refractivity contribution in [3.63, 3.8) is 0 Å². The van der Waals surface area contributed by atoms with E-state index in [0.717, 1.165) is 0 Å². The highest BCUT2D eigenvalue weighted by Crippen LogP contribution is 2.40. The number of carboxylic acid groups (broad SMARTS) is 1. The van der Waals surface area contributed by atoms with Crippen molar-refractivity contribution in [2.75, 3.05) is 6.61 Å². The maximum absolute atomic E-state index is 14.6. The van der Waals surface area contributed by atoms with E-state index in [1.807, 2.05) is 0 Å². The Bertz CT molecular complexity index is 891. The molecule has 4 nitrogen and oxygen atoms in total. The molecule has 0 heterocycles. The minimum atomic E-state index is -4.86. The predicted molar refractivity (Wildman–Crippen MR) is 97.3 cm³/mol. The molecule has 156 valence electrons. The van der Waals surface area contributed by atoms with Gasteiger partial charge in [-0.15, -0.1) is 0 Å². The van der Waals surface area contributed by atoms with Crippen LogP contribution in [0.4, 0.5) is 17.6 Å². The normalized spacial score (nSPS) is 18.6. The third-order valence-corrected chi connectivity index (χ3v) is 4.59. The summed E-state index contributed by atoms with van der Waals surface area (Å²) in [5.74, 6) is -2.32. The van der Waals surface area contributed by atoms with E-state index in [0.29, 0.717) is 18.2 Å². The lowest BCUT2D eigenvalue weighted by Gasteiger charge is -2.17. The lowest BCUT2D eigenvalue weighted by atomic mass is 10.0. The highest BCUT2D eigenvalue weighted by molar-refractivity contribution is 5.73. The highest BCUT2D eigenvalue weighted by atomic mass is 19.4. The summed E-state index contributed by atoms with van der Waals surface area (Å²) in [6.45, 7) is 3.56. The number of alkyl halides is 3. The molecule has 1 aliphatic carbocycles. The molecular formula is C21H20F4O4. The third kappa shape index (κ3) is 4.99. The van der Waals surface area contributed by atoms with Crippen molar-refractivity contribution < 1.29 is 36.9 Å². The van der Waals surface area contributed by atoms with E-state index < -0.39 is 29.4 Å².